The maximum Gasteiger partial charge on any atom is 0.306 e. The SMILES string of the molecule is CC1CCC(Oc2ccc3cc(CN4CCC(C(=O)O)CC4)ccc3c2)C1. The number of fused-ring (bicyclic) bond motifs is 1. The summed E-state index contributed by atoms with van der Waals surface area (Å²) in [6.07, 6.45) is 5.47. The van der Waals surface area contributed by atoms with E-state index >= 15 is 0 Å². The van der Waals surface area contributed by atoms with E-state index in [-0.39, 0.29) is 5.92 Å². The highest BCUT2D eigenvalue weighted by Crippen LogP contribution is 2.30. The van der Waals surface area contributed by atoms with E-state index in [1.807, 2.05) is 0 Å². The Hall–Kier alpha value is -2.07. The molecule has 2 aromatic carbocycles. The number of nitrogens with zero attached hydrogens (tertiary/aromatic N) is 1. The highest BCUT2D eigenvalue weighted by Gasteiger charge is 2.24. The summed E-state index contributed by atoms with van der Waals surface area (Å²) >= 11 is 0. The molecule has 1 saturated heterocycles. The van der Waals surface area contributed by atoms with Crippen LogP contribution in [0.5, 0.6) is 5.75 Å². The van der Waals surface area contributed by atoms with Crippen LogP contribution in [-0.4, -0.2) is 35.2 Å². The molecule has 0 radical (unpaired) electrons. The van der Waals surface area contributed by atoms with Crippen LogP contribution >= 0.6 is 0 Å². The molecule has 1 heterocycles. The van der Waals surface area contributed by atoms with Crippen LogP contribution in [0.3, 0.4) is 0 Å². The average molecular weight is 367 g/mol. The van der Waals surface area contributed by atoms with Gasteiger partial charge in [0.05, 0.1) is 12.0 Å². The second kappa shape index (κ2) is 7.89. The van der Waals surface area contributed by atoms with Gasteiger partial charge in [0.2, 0.25) is 0 Å². The third kappa shape index (κ3) is 4.44. The normalized spacial score (nSPS) is 24.3. The van der Waals surface area contributed by atoms with Crippen LogP contribution in [-0.2, 0) is 11.3 Å². The van der Waals surface area contributed by atoms with Gasteiger partial charge in [-0.25, -0.2) is 0 Å². The molecular formula is C23H29NO3. The number of carbonyl (C=O) groups is 1. The number of likely N-dealkylation sites (tertiary alicyclic amines) is 1. The Morgan fingerprint density at radius 1 is 1.07 bits per heavy atom. The van der Waals surface area contributed by atoms with Gasteiger partial charge in [-0.15, -0.1) is 0 Å². The first kappa shape index (κ1) is 18.3. The second-order valence-corrected chi connectivity index (χ2v) is 8.39. The van der Waals surface area contributed by atoms with E-state index < -0.39 is 5.97 Å². The quantitative estimate of drug-likeness (QED) is 0.832. The van der Waals surface area contributed by atoms with Gasteiger partial charge >= 0.3 is 5.97 Å². The van der Waals surface area contributed by atoms with Gasteiger partial charge in [0.15, 0.2) is 0 Å². The van der Waals surface area contributed by atoms with Crippen molar-refractivity contribution in [2.75, 3.05) is 13.1 Å². The number of ether oxygens (including phenoxy) is 1. The predicted molar refractivity (Wildman–Crippen MR) is 107 cm³/mol. The summed E-state index contributed by atoms with van der Waals surface area (Å²) < 4.78 is 6.18. The lowest BCUT2D eigenvalue weighted by atomic mass is 9.96. The second-order valence-electron chi connectivity index (χ2n) is 8.39. The summed E-state index contributed by atoms with van der Waals surface area (Å²) in [5.41, 5.74) is 1.29. The van der Waals surface area contributed by atoms with Crippen LogP contribution < -0.4 is 4.74 Å². The fourth-order valence-corrected chi connectivity index (χ4v) is 4.50. The molecule has 1 saturated carbocycles. The molecule has 144 valence electrons. The Kier molecular flexibility index (Phi) is 5.35. The molecule has 27 heavy (non-hydrogen) atoms. The van der Waals surface area contributed by atoms with Crippen molar-refractivity contribution < 1.29 is 14.6 Å². The molecule has 0 aromatic heterocycles. The molecular weight excluding hydrogens is 338 g/mol. The minimum absolute atomic E-state index is 0.167. The molecule has 1 aliphatic carbocycles. The number of aliphatic carboxylic acids is 1. The molecule has 2 fully saturated rings. The summed E-state index contributed by atoms with van der Waals surface area (Å²) in [5.74, 6) is 0.938. The Labute approximate surface area is 161 Å². The van der Waals surface area contributed by atoms with E-state index in [2.05, 4.69) is 48.2 Å². The van der Waals surface area contributed by atoms with Crippen molar-refractivity contribution in [3.05, 3.63) is 42.0 Å². The molecule has 0 amide bonds. The van der Waals surface area contributed by atoms with E-state index in [1.54, 1.807) is 0 Å². The van der Waals surface area contributed by atoms with Gasteiger partial charge in [0.1, 0.15) is 5.75 Å². The smallest absolute Gasteiger partial charge is 0.306 e. The zero-order chi connectivity index (χ0) is 18.8. The van der Waals surface area contributed by atoms with Gasteiger partial charge in [-0.05, 0) is 85.6 Å². The average Bonchev–Trinajstić information content (AvgIpc) is 3.07. The van der Waals surface area contributed by atoms with E-state index in [1.165, 1.54) is 22.8 Å². The van der Waals surface area contributed by atoms with Gasteiger partial charge in [0.25, 0.3) is 0 Å². The standard InChI is InChI=1S/C23H29NO3/c1-16-2-6-21(12-16)27-22-7-5-19-13-17(3-4-20(19)14-22)15-24-10-8-18(9-11-24)23(25)26/h3-5,7,13-14,16,18,21H,2,6,8-12,15H2,1H3,(H,25,26). The summed E-state index contributed by atoms with van der Waals surface area (Å²) in [4.78, 5) is 13.4. The largest absolute Gasteiger partial charge is 0.490 e. The van der Waals surface area contributed by atoms with Crippen molar-refractivity contribution in [1.82, 2.24) is 4.90 Å². The molecule has 2 unspecified atom stereocenters. The third-order valence-electron chi connectivity index (χ3n) is 6.17. The van der Waals surface area contributed by atoms with Crippen molar-refractivity contribution in [3.8, 4) is 5.75 Å². The van der Waals surface area contributed by atoms with Crippen LogP contribution in [0.25, 0.3) is 10.8 Å². The monoisotopic (exact) mass is 367 g/mol. The molecule has 4 heteroatoms. The number of hydrogen-bond acceptors (Lipinski definition) is 3. The molecule has 0 spiro atoms. The Morgan fingerprint density at radius 3 is 2.52 bits per heavy atom. The number of hydrogen-bond donors (Lipinski definition) is 1. The highest BCUT2D eigenvalue weighted by molar-refractivity contribution is 5.84. The number of piperidine rings is 1. The Balaban J connectivity index is 1.39. The first-order valence-corrected chi connectivity index (χ1v) is 10.2. The van der Waals surface area contributed by atoms with Gasteiger partial charge in [-0.2, -0.15) is 0 Å². The molecule has 1 N–H and O–H groups in total. The van der Waals surface area contributed by atoms with Crippen LogP contribution in [0, 0.1) is 11.8 Å². The highest BCUT2D eigenvalue weighted by atomic mass is 16.5. The van der Waals surface area contributed by atoms with Crippen molar-refractivity contribution in [1.29, 1.82) is 0 Å². The van der Waals surface area contributed by atoms with Gasteiger partial charge in [0, 0.05) is 6.54 Å². The topological polar surface area (TPSA) is 49.8 Å². The summed E-state index contributed by atoms with van der Waals surface area (Å²) in [5, 5.41) is 11.6. The lowest BCUT2D eigenvalue weighted by Gasteiger charge is -2.30. The van der Waals surface area contributed by atoms with Gasteiger partial charge < -0.3 is 9.84 Å². The van der Waals surface area contributed by atoms with E-state index in [9.17, 15) is 4.79 Å². The maximum atomic E-state index is 11.1. The predicted octanol–water partition coefficient (Wildman–Crippen LogP) is 4.70. The van der Waals surface area contributed by atoms with E-state index in [0.29, 0.717) is 6.10 Å². The van der Waals surface area contributed by atoms with Crippen LogP contribution in [0.15, 0.2) is 36.4 Å². The van der Waals surface area contributed by atoms with Crippen LogP contribution in [0.2, 0.25) is 0 Å². The molecule has 2 aromatic rings. The van der Waals surface area contributed by atoms with E-state index in [0.717, 1.165) is 57.0 Å². The molecule has 1 aliphatic heterocycles. The van der Waals surface area contributed by atoms with Gasteiger partial charge in [-0.1, -0.05) is 25.1 Å². The minimum Gasteiger partial charge on any atom is -0.490 e. The molecule has 4 rings (SSSR count). The molecule has 2 atom stereocenters. The molecule has 0 bridgehead atoms. The summed E-state index contributed by atoms with van der Waals surface area (Å²) in [6.45, 7) is 4.92. The Morgan fingerprint density at radius 2 is 1.81 bits per heavy atom. The summed E-state index contributed by atoms with van der Waals surface area (Å²) in [7, 11) is 0. The fourth-order valence-electron chi connectivity index (χ4n) is 4.50. The van der Waals surface area contributed by atoms with Crippen molar-refractivity contribution in [2.45, 2.75) is 51.7 Å². The lowest BCUT2D eigenvalue weighted by molar-refractivity contribution is -0.143. The molecule has 2 aliphatic rings. The van der Waals surface area contributed by atoms with Crippen molar-refractivity contribution in [2.24, 2.45) is 11.8 Å². The Bertz CT molecular complexity index is 810. The van der Waals surface area contributed by atoms with Crippen molar-refractivity contribution in [3.63, 3.8) is 0 Å². The van der Waals surface area contributed by atoms with Crippen molar-refractivity contribution >= 4 is 16.7 Å². The zero-order valence-corrected chi connectivity index (χ0v) is 16.1. The lowest BCUT2D eigenvalue weighted by Crippen LogP contribution is -2.35. The maximum absolute atomic E-state index is 11.1. The van der Waals surface area contributed by atoms with E-state index in [4.69, 9.17) is 9.84 Å². The first-order valence-electron chi connectivity index (χ1n) is 10.2. The first-order chi connectivity index (χ1) is 13.1. The number of rotatable bonds is 5. The van der Waals surface area contributed by atoms with Crippen LogP contribution in [0.4, 0.5) is 0 Å². The number of benzene rings is 2. The number of carboxylic acid groups (broad SMARTS) is 1. The van der Waals surface area contributed by atoms with Crippen LogP contribution in [0.1, 0.15) is 44.6 Å². The fraction of sp³-hybridized carbons (Fsp3) is 0.522. The van der Waals surface area contributed by atoms with Gasteiger partial charge in [-0.3, -0.25) is 9.69 Å². The molecule has 4 nitrogen and oxygen atoms in total. The minimum atomic E-state index is -0.648. The number of carboxylic acids is 1. The summed E-state index contributed by atoms with van der Waals surface area (Å²) in [6, 6.07) is 13.0. The third-order valence-corrected chi connectivity index (χ3v) is 6.17. The zero-order valence-electron chi connectivity index (χ0n) is 16.1.